The maximum atomic E-state index is 14.1. The van der Waals surface area contributed by atoms with Crippen LogP contribution in [0, 0.1) is 29.1 Å². The van der Waals surface area contributed by atoms with Gasteiger partial charge in [-0.3, -0.25) is 0 Å². The Morgan fingerprint density at radius 1 is 0.520 bits per heavy atom. The van der Waals surface area contributed by atoms with E-state index in [9.17, 15) is 22.0 Å². The first-order valence-corrected chi connectivity index (χ1v) is 8.46. The molecule has 0 aliphatic carbocycles. The van der Waals surface area contributed by atoms with Crippen molar-refractivity contribution < 1.29 is 22.0 Å². The highest BCUT2D eigenvalue weighted by atomic mass is 28.2. The van der Waals surface area contributed by atoms with Gasteiger partial charge in [-0.2, -0.15) is 0 Å². The lowest BCUT2D eigenvalue weighted by molar-refractivity contribution is 0.384. The van der Waals surface area contributed by atoms with E-state index >= 15 is 0 Å². The van der Waals surface area contributed by atoms with Gasteiger partial charge in [0.15, 0.2) is 23.3 Å². The fourth-order valence-corrected chi connectivity index (χ4v) is 4.01. The molecule has 0 saturated heterocycles. The van der Waals surface area contributed by atoms with Crippen molar-refractivity contribution >= 4 is 14.7 Å². The van der Waals surface area contributed by atoms with Gasteiger partial charge in [-0.15, -0.1) is 0 Å². The molecule has 0 fully saturated rings. The van der Waals surface area contributed by atoms with Crippen LogP contribution in [0.3, 0.4) is 0 Å². The molecule has 0 heterocycles. The summed E-state index contributed by atoms with van der Waals surface area (Å²) < 4.78 is 68.4. The molecule has 0 unspecified atom stereocenters. The molecule has 25 heavy (non-hydrogen) atoms. The smallest absolute Gasteiger partial charge is 0.200 e. The molecule has 6 heteroatoms. The summed E-state index contributed by atoms with van der Waals surface area (Å²) in [5.41, 5.74) is 0.947. The van der Waals surface area contributed by atoms with E-state index in [2.05, 4.69) is 0 Å². The summed E-state index contributed by atoms with van der Waals surface area (Å²) in [7, 11) is -0.659. The van der Waals surface area contributed by atoms with Crippen LogP contribution in [-0.2, 0) is 0 Å². The Hall–Kier alpha value is -2.47. The van der Waals surface area contributed by atoms with Crippen LogP contribution in [0.4, 0.5) is 22.0 Å². The molecule has 0 spiro atoms. The summed E-state index contributed by atoms with van der Waals surface area (Å²) in [5, 5.41) is -0.783. The van der Waals surface area contributed by atoms with E-state index in [-0.39, 0.29) is 0 Å². The Balaban J connectivity index is 2.12. The van der Waals surface area contributed by atoms with Crippen molar-refractivity contribution in [1.82, 2.24) is 0 Å². The van der Waals surface area contributed by atoms with Crippen molar-refractivity contribution in [3.63, 3.8) is 0 Å². The van der Waals surface area contributed by atoms with Crippen molar-refractivity contribution in [2.75, 3.05) is 0 Å². The summed E-state index contributed by atoms with van der Waals surface area (Å²) in [6.07, 6.45) is 0. The largest absolute Gasteiger partial charge is 0.204 e. The van der Waals surface area contributed by atoms with Crippen LogP contribution >= 0.6 is 0 Å². The molecule has 3 aromatic carbocycles. The minimum Gasteiger partial charge on any atom is -0.204 e. The molecule has 126 valence electrons. The van der Waals surface area contributed by atoms with E-state index in [0.29, 0.717) is 0 Å². The van der Waals surface area contributed by atoms with Crippen LogP contribution in [0.25, 0.3) is 0 Å². The summed E-state index contributed by atoms with van der Waals surface area (Å²) in [4.78, 5) is 0. The van der Waals surface area contributed by atoms with Crippen LogP contribution < -0.4 is 5.19 Å². The molecule has 0 N–H and O–H groups in total. The number of benzene rings is 3. The van der Waals surface area contributed by atoms with Crippen molar-refractivity contribution in [1.29, 1.82) is 0 Å². The van der Waals surface area contributed by atoms with Crippen LogP contribution in [0.5, 0.6) is 0 Å². The molecule has 0 nitrogen and oxygen atoms in total. The highest BCUT2D eigenvalue weighted by Gasteiger charge is 2.28. The maximum Gasteiger partial charge on any atom is 0.200 e. The van der Waals surface area contributed by atoms with Gasteiger partial charge < -0.3 is 0 Å². The molecular weight excluding hydrogens is 351 g/mol. The Morgan fingerprint density at radius 2 is 0.880 bits per heavy atom. The Labute approximate surface area is 143 Å². The first-order chi connectivity index (χ1) is 12.0. The second-order valence-electron chi connectivity index (χ2n) is 5.34. The third-order valence-corrected chi connectivity index (χ3v) is 5.45. The van der Waals surface area contributed by atoms with Crippen molar-refractivity contribution in [3.8, 4) is 0 Å². The SMILES string of the molecule is Fc1c(F)c(F)c([Si]C(c2ccccc2)c2ccccc2)c(F)c1F. The van der Waals surface area contributed by atoms with Gasteiger partial charge in [-0.1, -0.05) is 60.7 Å². The van der Waals surface area contributed by atoms with E-state index in [0.717, 1.165) is 11.1 Å². The summed E-state index contributed by atoms with van der Waals surface area (Å²) in [6.45, 7) is 0. The van der Waals surface area contributed by atoms with Gasteiger partial charge >= 0.3 is 0 Å². The first-order valence-electron chi connectivity index (χ1n) is 7.38. The maximum absolute atomic E-state index is 14.1. The lowest BCUT2D eigenvalue weighted by atomic mass is 10.0. The molecule has 0 saturated carbocycles. The molecule has 0 atom stereocenters. The van der Waals surface area contributed by atoms with Crippen LogP contribution in [0.15, 0.2) is 60.7 Å². The van der Waals surface area contributed by atoms with Gasteiger partial charge in [0.05, 0.1) is 0 Å². The van der Waals surface area contributed by atoms with Crippen LogP contribution in [0.1, 0.15) is 16.7 Å². The van der Waals surface area contributed by atoms with Gasteiger partial charge in [0.1, 0.15) is 9.52 Å². The molecule has 2 radical (unpaired) electrons. The van der Waals surface area contributed by atoms with Gasteiger partial charge in [-0.25, -0.2) is 22.0 Å². The zero-order valence-corrected chi connectivity index (χ0v) is 13.7. The minimum absolute atomic E-state index is 0.518. The fourth-order valence-electron chi connectivity index (χ4n) is 2.53. The zero-order valence-electron chi connectivity index (χ0n) is 12.7. The fraction of sp³-hybridized carbons (Fsp3) is 0.0526. The average Bonchev–Trinajstić information content (AvgIpc) is 2.66. The first kappa shape index (κ1) is 17.4. The van der Waals surface area contributed by atoms with E-state index in [1.165, 1.54) is 0 Å². The van der Waals surface area contributed by atoms with Gasteiger partial charge in [0.2, 0.25) is 5.82 Å². The highest BCUT2D eigenvalue weighted by molar-refractivity contribution is 6.56. The molecule has 0 aliphatic heterocycles. The van der Waals surface area contributed by atoms with Gasteiger partial charge in [-0.05, 0) is 11.1 Å². The average molecular weight is 362 g/mol. The number of hydrogen-bond acceptors (Lipinski definition) is 0. The molecule has 0 amide bonds. The quantitative estimate of drug-likeness (QED) is 0.277. The minimum atomic E-state index is -2.14. The van der Waals surface area contributed by atoms with Crippen LogP contribution in [0.2, 0.25) is 0 Å². The monoisotopic (exact) mass is 362 g/mol. The van der Waals surface area contributed by atoms with E-state index in [4.69, 9.17) is 0 Å². The molecule has 3 aromatic rings. The summed E-state index contributed by atoms with van der Waals surface area (Å²) in [5.74, 6) is -9.51. The highest BCUT2D eigenvalue weighted by Crippen LogP contribution is 2.25. The third kappa shape index (κ3) is 3.35. The summed E-state index contributed by atoms with van der Waals surface area (Å²) in [6, 6.07) is 17.6. The predicted molar refractivity (Wildman–Crippen MR) is 86.3 cm³/mol. The second-order valence-corrected chi connectivity index (χ2v) is 6.71. The molecule has 0 bridgehead atoms. The molecule has 0 aliphatic rings. The van der Waals surface area contributed by atoms with E-state index in [1.54, 1.807) is 60.7 Å². The van der Waals surface area contributed by atoms with E-state index < -0.39 is 49.3 Å². The predicted octanol–water partition coefficient (Wildman–Crippen LogP) is 4.50. The normalized spacial score (nSPS) is 11.1. The van der Waals surface area contributed by atoms with Gasteiger partial charge in [0.25, 0.3) is 0 Å². The number of hydrogen-bond donors (Lipinski definition) is 0. The lowest BCUT2D eigenvalue weighted by Gasteiger charge is -2.18. The zero-order chi connectivity index (χ0) is 18.0. The number of halogens is 5. The Bertz CT molecular complexity index is 813. The van der Waals surface area contributed by atoms with Crippen molar-refractivity contribution in [2.24, 2.45) is 0 Å². The molecule has 3 rings (SSSR count). The number of rotatable bonds is 4. The standard InChI is InChI=1S/C19H11F5Si/c20-13-14(21)16(23)19(17(24)15(13)22)25-18(11-7-3-1-4-8-11)12-9-5-2-6-10-12/h1-10,18H. The van der Waals surface area contributed by atoms with Crippen molar-refractivity contribution in [2.45, 2.75) is 5.54 Å². The lowest BCUT2D eigenvalue weighted by Crippen LogP contribution is -2.32. The third-order valence-electron chi connectivity index (χ3n) is 3.76. The van der Waals surface area contributed by atoms with E-state index in [1.807, 2.05) is 0 Å². The molecule has 0 aromatic heterocycles. The molecular formula is C19H11F5Si. The Kier molecular flexibility index (Phi) is 4.99. The van der Waals surface area contributed by atoms with Crippen LogP contribution in [-0.4, -0.2) is 9.52 Å². The van der Waals surface area contributed by atoms with Crippen molar-refractivity contribution in [3.05, 3.63) is 101 Å². The Morgan fingerprint density at radius 3 is 1.28 bits per heavy atom. The second kappa shape index (κ2) is 7.19. The topological polar surface area (TPSA) is 0 Å². The summed E-state index contributed by atoms with van der Waals surface area (Å²) >= 11 is 0. The van der Waals surface area contributed by atoms with Gasteiger partial charge in [0, 0.05) is 10.7 Å².